The van der Waals surface area contributed by atoms with Gasteiger partial charge in [-0.1, -0.05) is 91.0 Å². The lowest BCUT2D eigenvalue weighted by Crippen LogP contribution is -2.61. The van der Waals surface area contributed by atoms with Crippen LogP contribution in [-0.4, -0.2) is 36.3 Å². The van der Waals surface area contributed by atoms with Gasteiger partial charge in [0.05, 0.1) is 37.9 Å². The van der Waals surface area contributed by atoms with Crippen LogP contribution in [0, 0.1) is 11.3 Å². The zero-order valence-corrected chi connectivity index (χ0v) is 20.7. The van der Waals surface area contributed by atoms with Crippen molar-refractivity contribution in [3.8, 4) is 6.07 Å². The molecule has 5 rings (SSSR count). The zero-order chi connectivity index (χ0) is 24.0. The summed E-state index contributed by atoms with van der Waals surface area (Å²) >= 11 is 0. The Balaban J connectivity index is 1.39. The van der Waals surface area contributed by atoms with Crippen molar-refractivity contribution in [2.45, 2.75) is 62.6 Å². The van der Waals surface area contributed by atoms with E-state index in [4.69, 9.17) is 4.74 Å². The second-order valence-corrected chi connectivity index (χ2v) is 10.4. The predicted molar refractivity (Wildman–Crippen MR) is 141 cm³/mol. The van der Waals surface area contributed by atoms with Gasteiger partial charge in [-0.3, -0.25) is 0 Å². The summed E-state index contributed by atoms with van der Waals surface area (Å²) < 4.78 is 7.36. The topological polar surface area (TPSA) is 33.0 Å². The van der Waals surface area contributed by atoms with Gasteiger partial charge in [0.25, 0.3) is 0 Å². The molecule has 0 N–H and O–H groups in total. The van der Waals surface area contributed by atoms with Crippen molar-refractivity contribution in [3.63, 3.8) is 0 Å². The minimum absolute atomic E-state index is 0.629. The van der Waals surface area contributed by atoms with E-state index in [0.717, 1.165) is 41.7 Å². The summed E-state index contributed by atoms with van der Waals surface area (Å²) in [6.07, 6.45) is 7.44. The Morgan fingerprint density at radius 2 is 1.29 bits per heavy atom. The van der Waals surface area contributed by atoms with Crippen LogP contribution in [0.2, 0.25) is 0 Å². The highest BCUT2D eigenvalue weighted by molar-refractivity contribution is 5.45. The number of nitriles is 1. The van der Waals surface area contributed by atoms with Crippen LogP contribution < -0.4 is 0 Å². The third kappa shape index (κ3) is 4.79. The molecule has 0 saturated carbocycles. The van der Waals surface area contributed by atoms with Crippen LogP contribution in [0.25, 0.3) is 0 Å². The smallest absolute Gasteiger partial charge is 0.112 e. The van der Waals surface area contributed by atoms with E-state index in [9.17, 15) is 5.26 Å². The standard InChI is InChI=1S/C32H37N2O/c33-26-32(28-13-6-2-7-14-28,29-15-8-3-9-16-29)21-22-34(30-17-10-18-31(34)20-19-30)23-24-35-25-27-11-4-1-5-12-27/h1-9,11-16,30-31H,10,17-25H2/q+1. The second kappa shape index (κ2) is 10.8. The molecule has 2 bridgehead atoms. The van der Waals surface area contributed by atoms with Crippen LogP contribution in [0.4, 0.5) is 0 Å². The maximum absolute atomic E-state index is 10.7. The maximum Gasteiger partial charge on any atom is 0.112 e. The summed E-state index contributed by atoms with van der Waals surface area (Å²) in [5.74, 6) is 0. The normalized spacial score (nSPS) is 23.6. The maximum atomic E-state index is 10.7. The van der Waals surface area contributed by atoms with Crippen molar-refractivity contribution < 1.29 is 9.22 Å². The Morgan fingerprint density at radius 1 is 0.743 bits per heavy atom. The minimum Gasteiger partial charge on any atom is -0.371 e. The minimum atomic E-state index is -0.629. The van der Waals surface area contributed by atoms with Crippen LogP contribution in [0.5, 0.6) is 0 Å². The summed E-state index contributed by atoms with van der Waals surface area (Å²) in [5.41, 5.74) is 2.82. The Hall–Kier alpha value is -2.93. The summed E-state index contributed by atoms with van der Waals surface area (Å²) in [7, 11) is 0. The van der Waals surface area contributed by atoms with E-state index in [0.29, 0.717) is 18.7 Å². The highest BCUT2D eigenvalue weighted by Crippen LogP contribution is 2.45. The summed E-state index contributed by atoms with van der Waals surface area (Å²) in [6, 6.07) is 35.6. The largest absolute Gasteiger partial charge is 0.371 e. The van der Waals surface area contributed by atoms with Gasteiger partial charge < -0.3 is 9.22 Å². The average molecular weight is 466 g/mol. The van der Waals surface area contributed by atoms with Crippen LogP contribution in [0.1, 0.15) is 55.2 Å². The fourth-order valence-corrected chi connectivity index (χ4v) is 6.89. The molecule has 3 aromatic rings. The van der Waals surface area contributed by atoms with E-state index in [1.165, 1.54) is 37.7 Å². The molecule has 2 aliphatic heterocycles. The van der Waals surface area contributed by atoms with E-state index >= 15 is 0 Å². The summed E-state index contributed by atoms with van der Waals surface area (Å²) in [4.78, 5) is 0. The highest BCUT2D eigenvalue weighted by Gasteiger charge is 2.52. The van der Waals surface area contributed by atoms with Crippen LogP contribution in [-0.2, 0) is 16.8 Å². The molecule has 3 heteroatoms. The first-order valence-electron chi connectivity index (χ1n) is 13.3. The third-order valence-corrected chi connectivity index (χ3v) is 8.75. The number of nitrogens with zero attached hydrogens (tertiary/aromatic N) is 2. The van der Waals surface area contributed by atoms with E-state index in [-0.39, 0.29) is 0 Å². The Bertz CT molecular complexity index is 1050. The van der Waals surface area contributed by atoms with E-state index in [1.54, 1.807) is 0 Å². The molecule has 35 heavy (non-hydrogen) atoms. The number of quaternary nitrogens is 1. The Morgan fingerprint density at radius 3 is 1.83 bits per heavy atom. The van der Waals surface area contributed by atoms with Crippen molar-refractivity contribution in [2.24, 2.45) is 0 Å². The first-order valence-corrected chi connectivity index (χ1v) is 13.3. The molecule has 2 saturated heterocycles. The molecule has 180 valence electrons. The van der Waals surface area contributed by atoms with E-state index < -0.39 is 5.41 Å². The Labute approximate surface area is 210 Å². The van der Waals surface area contributed by atoms with E-state index in [1.807, 2.05) is 12.1 Å². The number of hydrogen-bond donors (Lipinski definition) is 0. The van der Waals surface area contributed by atoms with Crippen LogP contribution in [0.15, 0.2) is 91.0 Å². The summed E-state index contributed by atoms with van der Waals surface area (Å²) in [5, 5.41) is 10.7. The summed E-state index contributed by atoms with van der Waals surface area (Å²) in [6.45, 7) is 3.53. The molecule has 0 radical (unpaired) electrons. The highest BCUT2D eigenvalue weighted by atomic mass is 16.5. The van der Waals surface area contributed by atoms with E-state index in [2.05, 4.69) is 84.9 Å². The van der Waals surface area contributed by atoms with Gasteiger partial charge in [-0.15, -0.1) is 0 Å². The monoisotopic (exact) mass is 465 g/mol. The van der Waals surface area contributed by atoms with Gasteiger partial charge in [0.1, 0.15) is 12.0 Å². The van der Waals surface area contributed by atoms with Gasteiger partial charge in [-0.25, -0.2) is 0 Å². The van der Waals surface area contributed by atoms with Crippen molar-refractivity contribution in [1.82, 2.24) is 0 Å². The van der Waals surface area contributed by atoms with Gasteiger partial charge in [0.15, 0.2) is 0 Å². The fourth-order valence-electron chi connectivity index (χ4n) is 6.89. The molecule has 0 spiro atoms. The molecule has 2 fully saturated rings. The lowest BCUT2D eigenvalue weighted by atomic mass is 9.72. The second-order valence-electron chi connectivity index (χ2n) is 10.4. The van der Waals surface area contributed by atoms with Gasteiger partial charge in [0, 0.05) is 19.3 Å². The molecule has 3 nitrogen and oxygen atoms in total. The number of piperidine rings is 1. The van der Waals surface area contributed by atoms with Gasteiger partial charge in [-0.2, -0.15) is 5.26 Å². The number of ether oxygens (including phenoxy) is 1. The molecule has 2 aliphatic rings. The van der Waals surface area contributed by atoms with Gasteiger partial charge in [-0.05, 0) is 36.0 Å². The molecule has 0 aliphatic carbocycles. The number of hydrogen-bond acceptors (Lipinski definition) is 2. The van der Waals surface area contributed by atoms with Crippen molar-refractivity contribution in [2.75, 3.05) is 19.7 Å². The predicted octanol–water partition coefficient (Wildman–Crippen LogP) is 6.63. The number of rotatable bonds is 10. The lowest BCUT2D eigenvalue weighted by Gasteiger charge is -2.49. The number of benzene rings is 3. The zero-order valence-electron chi connectivity index (χ0n) is 20.7. The van der Waals surface area contributed by atoms with Crippen LogP contribution >= 0.6 is 0 Å². The molecule has 2 unspecified atom stereocenters. The molecular weight excluding hydrogens is 428 g/mol. The molecule has 0 amide bonds. The first-order chi connectivity index (χ1) is 17.3. The molecule has 2 heterocycles. The fraction of sp³-hybridized carbons (Fsp3) is 0.406. The SMILES string of the molecule is N#CC(CC[N+]1(CCOCc2ccccc2)C2CCCC1CC2)(c1ccccc1)c1ccccc1. The Kier molecular flexibility index (Phi) is 7.32. The lowest BCUT2D eigenvalue weighted by molar-refractivity contribution is -0.966. The average Bonchev–Trinajstić information content (AvgIpc) is 3.08. The van der Waals surface area contributed by atoms with Crippen molar-refractivity contribution in [1.29, 1.82) is 5.26 Å². The quantitative estimate of drug-likeness (QED) is 0.248. The first kappa shape index (κ1) is 23.8. The number of fused-ring (bicyclic) bond motifs is 2. The van der Waals surface area contributed by atoms with Gasteiger partial charge >= 0.3 is 0 Å². The molecule has 0 aromatic heterocycles. The molecule has 3 aromatic carbocycles. The van der Waals surface area contributed by atoms with Crippen molar-refractivity contribution in [3.05, 3.63) is 108 Å². The molecule has 2 atom stereocenters. The van der Waals surface area contributed by atoms with Crippen molar-refractivity contribution >= 4 is 0 Å². The third-order valence-electron chi connectivity index (χ3n) is 8.75. The van der Waals surface area contributed by atoms with Crippen LogP contribution in [0.3, 0.4) is 0 Å². The van der Waals surface area contributed by atoms with Gasteiger partial charge in [0.2, 0.25) is 0 Å². The molecular formula is C32H37N2O+.